The van der Waals surface area contributed by atoms with Gasteiger partial charge in [-0.2, -0.15) is 0 Å². The van der Waals surface area contributed by atoms with E-state index >= 15 is 0 Å². The number of nitrogens with one attached hydrogen (secondary N) is 1. The van der Waals surface area contributed by atoms with Gasteiger partial charge in [0.05, 0.1) is 29.2 Å². The van der Waals surface area contributed by atoms with Gasteiger partial charge in [-0.05, 0) is 26.0 Å². The van der Waals surface area contributed by atoms with Crippen molar-refractivity contribution in [2.75, 3.05) is 11.9 Å². The Kier molecular flexibility index (Phi) is 4.75. The number of aromatic nitrogens is 2. The molecule has 1 heterocycles. The van der Waals surface area contributed by atoms with Crippen molar-refractivity contribution in [3.63, 3.8) is 0 Å². The Morgan fingerprint density at radius 3 is 2.76 bits per heavy atom. The van der Waals surface area contributed by atoms with Crippen molar-refractivity contribution in [2.24, 2.45) is 0 Å². The highest BCUT2D eigenvalue weighted by molar-refractivity contribution is 6.33. The van der Waals surface area contributed by atoms with E-state index in [0.717, 1.165) is 0 Å². The van der Waals surface area contributed by atoms with Crippen LogP contribution in [0.5, 0.6) is 0 Å². The molecule has 1 aromatic carbocycles. The van der Waals surface area contributed by atoms with E-state index in [1.165, 1.54) is 12.4 Å². The van der Waals surface area contributed by atoms with Crippen LogP contribution >= 0.6 is 11.6 Å². The summed E-state index contributed by atoms with van der Waals surface area (Å²) in [6.45, 7) is 3.72. The number of carbonyl (C=O) groups is 1. The molecule has 21 heavy (non-hydrogen) atoms. The van der Waals surface area contributed by atoms with Crippen molar-refractivity contribution in [1.29, 1.82) is 0 Å². The first kappa shape index (κ1) is 15.3. The van der Waals surface area contributed by atoms with Crippen molar-refractivity contribution >= 4 is 23.3 Å². The SMILES string of the molecule is CCOC(=O)C(C)(Nc1ccccc1Cl)c1cnccn1. The summed E-state index contributed by atoms with van der Waals surface area (Å²) in [6, 6.07) is 7.18. The molecular formula is C15H16ClN3O2. The molecule has 0 saturated carbocycles. The lowest BCUT2D eigenvalue weighted by atomic mass is 9.97. The van der Waals surface area contributed by atoms with Gasteiger partial charge in [-0.3, -0.25) is 9.97 Å². The van der Waals surface area contributed by atoms with E-state index in [4.69, 9.17) is 16.3 Å². The van der Waals surface area contributed by atoms with Gasteiger partial charge in [-0.15, -0.1) is 0 Å². The fourth-order valence-electron chi connectivity index (χ4n) is 1.88. The highest BCUT2D eigenvalue weighted by Crippen LogP contribution is 2.30. The van der Waals surface area contributed by atoms with Crippen LogP contribution in [0.15, 0.2) is 42.9 Å². The molecule has 0 aliphatic heterocycles. The zero-order valence-electron chi connectivity index (χ0n) is 11.8. The predicted octanol–water partition coefficient (Wildman–Crippen LogP) is 3.02. The summed E-state index contributed by atoms with van der Waals surface area (Å²) in [5.74, 6) is -0.439. The third-order valence-corrected chi connectivity index (χ3v) is 3.35. The van der Waals surface area contributed by atoms with Crippen LogP contribution in [0.3, 0.4) is 0 Å². The maximum absolute atomic E-state index is 12.4. The van der Waals surface area contributed by atoms with Gasteiger partial charge in [0.15, 0.2) is 5.54 Å². The summed E-state index contributed by atoms with van der Waals surface area (Å²) in [7, 11) is 0. The molecule has 1 N–H and O–H groups in total. The van der Waals surface area contributed by atoms with Crippen LogP contribution in [0.2, 0.25) is 5.02 Å². The van der Waals surface area contributed by atoms with Gasteiger partial charge in [0.25, 0.3) is 0 Å². The van der Waals surface area contributed by atoms with Crippen LogP contribution in [-0.4, -0.2) is 22.5 Å². The molecule has 1 atom stereocenters. The topological polar surface area (TPSA) is 64.1 Å². The lowest BCUT2D eigenvalue weighted by Gasteiger charge is -2.29. The van der Waals surface area contributed by atoms with Gasteiger partial charge >= 0.3 is 5.97 Å². The molecule has 0 aliphatic carbocycles. The molecule has 0 bridgehead atoms. The molecule has 0 spiro atoms. The van der Waals surface area contributed by atoms with E-state index in [-0.39, 0.29) is 6.61 Å². The van der Waals surface area contributed by atoms with Crippen LogP contribution < -0.4 is 5.32 Å². The molecule has 0 radical (unpaired) electrons. The fourth-order valence-corrected chi connectivity index (χ4v) is 2.07. The first-order chi connectivity index (χ1) is 10.1. The number of para-hydroxylation sites is 1. The largest absolute Gasteiger partial charge is 0.464 e. The Morgan fingerprint density at radius 1 is 1.38 bits per heavy atom. The van der Waals surface area contributed by atoms with Crippen LogP contribution in [0.4, 0.5) is 5.69 Å². The molecule has 1 aromatic heterocycles. The molecule has 110 valence electrons. The first-order valence-electron chi connectivity index (χ1n) is 6.54. The minimum atomic E-state index is -1.17. The zero-order chi connectivity index (χ0) is 15.3. The minimum Gasteiger partial charge on any atom is -0.464 e. The molecule has 5 nitrogen and oxygen atoms in total. The van der Waals surface area contributed by atoms with E-state index in [9.17, 15) is 4.79 Å². The number of esters is 1. The van der Waals surface area contributed by atoms with E-state index in [1.54, 1.807) is 32.2 Å². The molecule has 0 aliphatic rings. The van der Waals surface area contributed by atoms with E-state index in [1.807, 2.05) is 12.1 Å². The second-order valence-corrected chi connectivity index (χ2v) is 4.95. The van der Waals surface area contributed by atoms with E-state index in [0.29, 0.717) is 16.4 Å². The van der Waals surface area contributed by atoms with Gasteiger partial charge in [0.1, 0.15) is 0 Å². The molecular weight excluding hydrogens is 290 g/mol. The average molecular weight is 306 g/mol. The number of hydrogen-bond acceptors (Lipinski definition) is 5. The molecule has 2 rings (SSSR count). The number of halogens is 1. The average Bonchev–Trinajstić information content (AvgIpc) is 2.50. The van der Waals surface area contributed by atoms with Crippen molar-refractivity contribution in [3.05, 3.63) is 53.6 Å². The van der Waals surface area contributed by atoms with Crippen LogP contribution in [0.25, 0.3) is 0 Å². The number of rotatable bonds is 5. The standard InChI is InChI=1S/C15H16ClN3O2/c1-3-21-14(20)15(2,13-10-17-8-9-18-13)19-12-7-5-4-6-11(12)16/h4-10,19H,3H2,1-2H3. The number of anilines is 1. The van der Waals surface area contributed by atoms with E-state index in [2.05, 4.69) is 15.3 Å². The third-order valence-electron chi connectivity index (χ3n) is 3.02. The van der Waals surface area contributed by atoms with Gasteiger partial charge < -0.3 is 10.1 Å². The second-order valence-electron chi connectivity index (χ2n) is 4.54. The number of benzene rings is 1. The highest BCUT2D eigenvalue weighted by Gasteiger charge is 2.39. The summed E-state index contributed by atoms with van der Waals surface area (Å²) in [5, 5.41) is 3.63. The predicted molar refractivity (Wildman–Crippen MR) is 81.1 cm³/mol. The second kappa shape index (κ2) is 6.54. The highest BCUT2D eigenvalue weighted by atomic mass is 35.5. The lowest BCUT2D eigenvalue weighted by molar-refractivity contribution is -0.148. The summed E-state index contributed by atoms with van der Waals surface area (Å²) in [5.41, 5.74) is -0.0846. The minimum absolute atomic E-state index is 0.277. The lowest BCUT2D eigenvalue weighted by Crippen LogP contribution is -2.42. The Labute approximate surface area is 128 Å². The molecule has 0 fully saturated rings. The maximum atomic E-state index is 12.4. The number of ether oxygens (including phenoxy) is 1. The molecule has 2 aromatic rings. The number of nitrogens with zero attached hydrogens (tertiary/aromatic N) is 2. The van der Waals surface area contributed by atoms with Crippen molar-refractivity contribution in [2.45, 2.75) is 19.4 Å². The molecule has 6 heteroatoms. The quantitative estimate of drug-likeness (QED) is 0.860. The monoisotopic (exact) mass is 305 g/mol. The normalized spacial score (nSPS) is 13.3. The maximum Gasteiger partial charge on any atom is 0.337 e. The molecule has 1 unspecified atom stereocenters. The summed E-state index contributed by atoms with van der Waals surface area (Å²) in [4.78, 5) is 20.6. The Bertz CT molecular complexity index is 621. The van der Waals surface area contributed by atoms with Crippen molar-refractivity contribution in [3.8, 4) is 0 Å². The van der Waals surface area contributed by atoms with Gasteiger partial charge in [0, 0.05) is 12.4 Å². The zero-order valence-corrected chi connectivity index (χ0v) is 12.6. The third kappa shape index (κ3) is 3.31. The number of hydrogen-bond donors (Lipinski definition) is 1. The Morgan fingerprint density at radius 2 is 2.14 bits per heavy atom. The van der Waals surface area contributed by atoms with Crippen molar-refractivity contribution < 1.29 is 9.53 Å². The first-order valence-corrected chi connectivity index (χ1v) is 6.92. The summed E-state index contributed by atoms with van der Waals surface area (Å²) in [6.07, 6.45) is 4.60. The van der Waals surface area contributed by atoms with E-state index < -0.39 is 11.5 Å². The number of carbonyl (C=O) groups excluding carboxylic acids is 1. The summed E-state index contributed by atoms with van der Waals surface area (Å²) >= 11 is 6.15. The van der Waals surface area contributed by atoms with Crippen LogP contribution in [0, 0.1) is 0 Å². The fraction of sp³-hybridized carbons (Fsp3) is 0.267. The Balaban J connectivity index is 2.42. The van der Waals surface area contributed by atoms with Gasteiger partial charge in [-0.25, -0.2) is 4.79 Å². The van der Waals surface area contributed by atoms with Crippen LogP contribution in [-0.2, 0) is 15.1 Å². The summed E-state index contributed by atoms with van der Waals surface area (Å²) < 4.78 is 5.16. The Hall–Kier alpha value is -2.14. The smallest absolute Gasteiger partial charge is 0.337 e. The van der Waals surface area contributed by atoms with Gasteiger partial charge in [-0.1, -0.05) is 23.7 Å². The molecule has 0 saturated heterocycles. The molecule has 0 amide bonds. The van der Waals surface area contributed by atoms with Crippen LogP contribution in [0.1, 0.15) is 19.5 Å². The van der Waals surface area contributed by atoms with Gasteiger partial charge in [0.2, 0.25) is 0 Å². The van der Waals surface area contributed by atoms with Crippen molar-refractivity contribution in [1.82, 2.24) is 9.97 Å².